The summed E-state index contributed by atoms with van der Waals surface area (Å²) in [6.07, 6.45) is 0.504. The van der Waals surface area contributed by atoms with Gasteiger partial charge in [0.25, 0.3) is 0 Å². The van der Waals surface area contributed by atoms with Gasteiger partial charge in [-0.2, -0.15) is 5.26 Å². The van der Waals surface area contributed by atoms with Crippen molar-refractivity contribution in [1.29, 1.82) is 5.26 Å². The molecule has 0 spiro atoms. The first kappa shape index (κ1) is 15.9. The number of carbonyl (C=O) groups is 1. The Morgan fingerprint density at radius 3 is 2.65 bits per heavy atom. The van der Waals surface area contributed by atoms with Gasteiger partial charge in [-0.15, -0.1) is 0 Å². The number of hydrogen-bond donors (Lipinski definition) is 3. The number of nitrogens with zero attached hydrogens (tertiary/aromatic N) is 1. The van der Waals surface area contributed by atoms with Crippen LogP contribution < -0.4 is 16.0 Å². The number of nitrogens with one attached hydrogen (secondary N) is 3. The van der Waals surface area contributed by atoms with Crippen LogP contribution in [0.5, 0.6) is 0 Å². The predicted molar refractivity (Wildman–Crippen MR) is 82.0 cm³/mol. The highest BCUT2D eigenvalue weighted by molar-refractivity contribution is 7.80. The third-order valence-corrected chi connectivity index (χ3v) is 2.85. The van der Waals surface area contributed by atoms with Gasteiger partial charge in [0.05, 0.1) is 6.07 Å². The highest BCUT2D eigenvalue weighted by atomic mass is 32.1. The Bertz CT molecular complexity index is 484. The zero-order valence-electron chi connectivity index (χ0n) is 11.3. The monoisotopic (exact) mass is 290 g/mol. The number of hydrogen-bond acceptors (Lipinski definition) is 3. The molecule has 0 aliphatic carbocycles. The lowest BCUT2D eigenvalue weighted by Crippen LogP contribution is -2.51. The minimum Gasteiger partial charge on any atom is -0.363 e. The molecule has 1 amide bonds. The summed E-state index contributed by atoms with van der Waals surface area (Å²) in [5.41, 5.74) is 1.02. The van der Waals surface area contributed by atoms with Crippen LogP contribution in [0.25, 0.3) is 0 Å². The van der Waals surface area contributed by atoms with Crippen molar-refractivity contribution >= 4 is 23.2 Å². The first-order valence-electron chi connectivity index (χ1n) is 6.40. The van der Waals surface area contributed by atoms with E-state index in [-0.39, 0.29) is 12.5 Å². The van der Waals surface area contributed by atoms with E-state index in [0.717, 1.165) is 5.56 Å². The van der Waals surface area contributed by atoms with Gasteiger partial charge in [-0.3, -0.25) is 4.79 Å². The molecule has 20 heavy (non-hydrogen) atoms. The van der Waals surface area contributed by atoms with Crippen LogP contribution >= 0.6 is 12.2 Å². The summed E-state index contributed by atoms with van der Waals surface area (Å²) in [5.74, 6) is -0.240. The fourth-order valence-corrected chi connectivity index (χ4v) is 1.97. The van der Waals surface area contributed by atoms with E-state index in [9.17, 15) is 4.79 Å². The number of rotatable bonds is 6. The first-order valence-corrected chi connectivity index (χ1v) is 6.81. The van der Waals surface area contributed by atoms with Crippen LogP contribution in [0.3, 0.4) is 0 Å². The average molecular weight is 290 g/mol. The minimum absolute atomic E-state index is 0.0141. The van der Waals surface area contributed by atoms with Gasteiger partial charge in [-0.1, -0.05) is 30.3 Å². The van der Waals surface area contributed by atoms with E-state index in [0.29, 0.717) is 18.1 Å². The molecule has 0 fully saturated rings. The average Bonchev–Trinajstić information content (AvgIpc) is 2.45. The number of thiocarbonyl (C=S) groups is 1. The van der Waals surface area contributed by atoms with Crippen LogP contribution in [-0.2, 0) is 11.2 Å². The molecule has 1 unspecified atom stereocenters. The third kappa shape index (κ3) is 5.67. The van der Waals surface area contributed by atoms with Crippen molar-refractivity contribution in [3.05, 3.63) is 35.9 Å². The molecule has 1 aromatic carbocycles. The maximum atomic E-state index is 12.0. The van der Waals surface area contributed by atoms with Crippen LogP contribution in [0, 0.1) is 11.3 Å². The van der Waals surface area contributed by atoms with Crippen molar-refractivity contribution in [3.63, 3.8) is 0 Å². The number of nitriles is 1. The minimum atomic E-state index is -0.503. The van der Waals surface area contributed by atoms with Gasteiger partial charge < -0.3 is 16.0 Å². The van der Waals surface area contributed by atoms with Crippen LogP contribution in [0.4, 0.5) is 0 Å². The van der Waals surface area contributed by atoms with Crippen molar-refractivity contribution in [2.24, 2.45) is 0 Å². The van der Waals surface area contributed by atoms with E-state index in [1.54, 1.807) is 0 Å². The standard InChI is InChI=1S/C14H18N4OS/c1-2-16-14(20)18-12(13(19)17-9-8-15)10-11-6-4-3-5-7-11/h3-7,12H,2,9-10H2,1H3,(H,17,19)(H2,16,18,20). The second-order valence-electron chi connectivity index (χ2n) is 4.12. The SMILES string of the molecule is CCNC(=S)NC(Cc1ccccc1)C(=O)NCC#N. The summed E-state index contributed by atoms with van der Waals surface area (Å²) >= 11 is 5.11. The molecular formula is C14H18N4OS. The maximum absolute atomic E-state index is 12.0. The zero-order valence-corrected chi connectivity index (χ0v) is 12.2. The molecule has 1 atom stereocenters. The van der Waals surface area contributed by atoms with Gasteiger partial charge in [0.2, 0.25) is 5.91 Å². The van der Waals surface area contributed by atoms with Crippen molar-refractivity contribution in [3.8, 4) is 6.07 Å². The lowest BCUT2D eigenvalue weighted by Gasteiger charge is -2.19. The highest BCUT2D eigenvalue weighted by Gasteiger charge is 2.19. The molecule has 6 heteroatoms. The summed E-state index contributed by atoms with van der Waals surface area (Å²) in [6, 6.07) is 11.0. The zero-order chi connectivity index (χ0) is 14.8. The molecule has 0 heterocycles. The smallest absolute Gasteiger partial charge is 0.243 e. The van der Waals surface area contributed by atoms with E-state index in [1.165, 1.54) is 0 Å². The van der Waals surface area contributed by atoms with E-state index in [4.69, 9.17) is 17.5 Å². The first-order chi connectivity index (χ1) is 9.67. The quantitative estimate of drug-likeness (QED) is 0.532. The second kappa shape index (κ2) is 8.88. The topological polar surface area (TPSA) is 76.9 Å². The molecule has 3 N–H and O–H groups in total. The molecule has 0 bridgehead atoms. The highest BCUT2D eigenvalue weighted by Crippen LogP contribution is 2.03. The van der Waals surface area contributed by atoms with E-state index in [1.807, 2.05) is 43.3 Å². The molecule has 5 nitrogen and oxygen atoms in total. The molecule has 1 rings (SSSR count). The molecule has 0 aliphatic heterocycles. The second-order valence-corrected chi connectivity index (χ2v) is 4.53. The number of benzene rings is 1. The molecule has 0 aromatic heterocycles. The van der Waals surface area contributed by atoms with Gasteiger partial charge in [0.15, 0.2) is 5.11 Å². The molecule has 0 saturated carbocycles. The van der Waals surface area contributed by atoms with Crippen LogP contribution in [0.15, 0.2) is 30.3 Å². The van der Waals surface area contributed by atoms with Crippen molar-refractivity contribution in [2.75, 3.05) is 13.1 Å². The van der Waals surface area contributed by atoms with Gasteiger partial charge in [0, 0.05) is 13.0 Å². The van der Waals surface area contributed by atoms with Gasteiger partial charge >= 0.3 is 0 Å². The molecule has 0 aliphatic rings. The number of amides is 1. The van der Waals surface area contributed by atoms with Crippen LogP contribution in [0.1, 0.15) is 12.5 Å². The normalized spacial score (nSPS) is 11.0. The Kier molecular flexibility index (Phi) is 7.07. The third-order valence-electron chi connectivity index (χ3n) is 2.58. The van der Waals surface area contributed by atoms with E-state index in [2.05, 4.69) is 16.0 Å². The summed E-state index contributed by atoms with van der Waals surface area (Å²) in [4.78, 5) is 12.0. The van der Waals surface area contributed by atoms with Crippen LogP contribution in [0.2, 0.25) is 0 Å². The molecule has 0 saturated heterocycles. The van der Waals surface area contributed by atoms with Gasteiger partial charge in [-0.05, 0) is 24.7 Å². The van der Waals surface area contributed by atoms with Crippen molar-refractivity contribution in [2.45, 2.75) is 19.4 Å². The molecule has 106 valence electrons. The van der Waals surface area contributed by atoms with Crippen molar-refractivity contribution < 1.29 is 4.79 Å². The summed E-state index contributed by atoms with van der Waals surface area (Å²) in [7, 11) is 0. The van der Waals surface area contributed by atoms with Crippen molar-refractivity contribution in [1.82, 2.24) is 16.0 Å². The van der Waals surface area contributed by atoms with Crippen LogP contribution in [-0.4, -0.2) is 30.2 Å². The van der Waals surface area contributed by atoms with E-state index < -0.39 is 6.04 Å². The Hall–Kier alpha value is -2.13. The number of carbonyl (C=O) groups excluding carboxylic acids is 1. The van der Waals surface area contributed by atoms with E-state index >= 15 is 0 Å². The van der Waals surface area contributed by atoms with Gasteiger partial charge in [-0.25, -0.2) is 0 Å². The fraction of sp³-hybridized carbons (Fsp3) is 0.357. The maximum Gasteiger partial charge on any atom is 0.243 e. The lowest BCUT2D eigenvalue weighted by atomic mass is 10.1. The summed E-state index contributed by atoms with van der Waals surface area (Å²) in [6.45, 7) is 2.60. The Morgan fingerprint density at radius 2 is 2.05 bits per heavy atom. The van der Waals surface area contributed by atoms with Gasteiger partial charge in [0.1, 0.15) is 12.6 Å². The summed E-state index contributed by atoms with van der Waals surface area (Å²) < 4.78 is 0. The largest absolute Gasteiger partial charge is 0.363 e. The Labute approximate surface area is 124 Å². The summed E-state index contributed by atoms with van der Waals surface area (Å²) in [5, 5.41) is 17.4. The Balaban J connectivity index is 2.70. The molecule has 1 aromatic rings. The fourth-order valence-electron chi connectivity index (χ4n) is 1.68. The molecular weight excluding hydrogens is 272 g/mol. The lowest BCUT2D eigenvalue weighted by molar-refractivity contribution is -0.122. The Morgan fingerprint density at radius 1 is 1.35 bits per heavy atom. The molecule has 0 radical (unpaired) electrons. The predicted octanol–water partition coefficient (Wildman–Crippen LogP) is 0.721.